The summed E-state index contributed by atoms with van der Waals surface area (Å²) in [5.41, 5.74) is -0.0134. The minimum absolute atomic E-state index is 0.0134. The van der Waals surface area contributed by atoms with Gasteiger partial charge < -0.3 is 9.64 Å². The van der Waals surface area contributed by atoms with Gasteiger partial charge in [0.05, 0.1) is 10.6 Å². The van der Waals surface area contributed by atoms with Crippen molar-refractivity contribution < 1.29 is 13.9 Å². The van der Waals surface area contributed by atoms with E-state index in [2.05, 4.69) is 4.90 Å². The van der Waals surface area contributed by atoms with E-state index in [-0.39, 0.29) is 22.5 Å². The van der Waals surface area contributed by atoms with Gasteiger partial charge in [-0.2, -0.15) is 0 Å². The molecule has 0 spiro atoms. The van der Waals surface area contributed by atoms with Gasteiger partial charge in [-0.3, -0.25) is 9.69 Å². The summed E-state index contributed by atoms with van der Waals surface area (Å²) >= 11 is 6.03. The zero-order valence-electron chi connectivity index (χ0n) is 13.3. The summed E-state index contributed by atoms with van der Waals surface area (Å²) in [6.07, 6.45) is 2.08. The highest BCUT2D eigenvalue weighted by Gasteiger charge is 2.33. The Bertz CT molecular complexity index is 557. The molecule has 2 aliphatic heterocycles. The third-order valence-electron chi connectivity index (χ3n) is 4.80. The van der Waals surface area contributed by atoms with Crippen LogP contribution < -0.4 is 0 Å². The molecule has 2 heterocycles. The minimum Gasteiger partial charge on any atom is -0.381 e. The number of hydrogen-bond donors (Lipinski definition) is 0. The summed E-state index contributed by atoms with van der Waals surface area (Å²) in [6.45, 7) is 5.85. The fraction of sp³-hybridized carbons (Fsp3) is 0.588. The minimum atomic E-state index is -0.554. The molecule has 0 unspecified atom stereocenters. The van der Waals surface area contributed by atoms with Crippen LogP contribution >= 0.6 is 11.6 Å². The number of carbonyl (C=O) groups is 1. The molecule has 4 nitrogen and oxygen atoms in total. The lowest BCUT2D eigenvalue weighted by atomic mass is 10.0. The number of carbonyl (C=O) groups excluding carboxylic acids is 1. The molecule has 2 fully saturated rings. The van der Waals surface area contributed by atoms with E-state index in [9.17, 15) is 9.18 Å². The molecular weight excluding hydrogens is 319 g/mol. The van der Waals surface area contributed by atoms with Gasteiger partial charge in [0.1, 0.15) is 5.82 Å². The Morgan fingerprint density at radius 2 is 2.04 bits per heavy atom. The number of benzene rings is 1. The summed E-state index contributed by atoms with van der Waals surface area (Å²) in [7, 11) is 0. The summed E-state index contributed by atoms with van der Waals surface area (Å²) in [5.74, 6) is -0.867. The maximum atomic E-state index is 14.0. The number of amides is 1. The van der Waals surface area contributed by atoms with E-state index in [1.165, 1.54) is 12.1 Å². The maximum Gasteiger partial charge on any atom is 0.258 e. The summed E-state index contributed by atoms with van der Waals surface area (Å²) in [6, 6.07) is 4.92. The Morgan fingerprint density at radius 3 is 2.70 bits per heavy atom. The second kappa shape index (κ2) is 7.16. The number of piperazine rings is 1. The number of ether oxygens (including phenoxy) is 1. The van der Waals surface area contributed by atoms with E-state index >= 15 is 0 Å². The predicted molar refractivity (Wildman–Crippen MR) is 87.3 cm³/mol. The summed E-state index contributed by atoms with van der Waals surface area (Å²) in [5, 5.41) is 0.175. The van der Waals surface area contributed by atoms with E-state index in [1.807, 2.05) is 6.92 Å². The van der Waals surface area contributed by atoms with E-state index in [4.69, 9.17) is 16.3 Å². The van der Waals surface area contributed by atoms with Gasteiger partial charge in [-0.15, -0.1) is 0 Å². The normalized spacial score (nSPS) is 24.0. The van der Waals surface area contributed by atoms with Gasteiger partial charge in [-0.25, -0.2) is 4.39 Å². The molecule has 0 N–H and O–H groups in total. The van der Waals surface area contributed by atoms with Crippen LogP contribution in [0.1, 0.15) is 30.1 Å². The number of halogens is 2. The van der Waals surface area contributed by atoms with Gasteiger partial charge in [0, 0.05) is 44.9 Å². The Kier molecular flexibility index (Phi) is 5.19. The van der Waals surface area contributed by atoms with Crippen LogP contribution in [-0.2, 0) is 4.74 Å². The van der Waals surface area contributed by atoms with Crippen molar-refractivity contribution in [3.63, 3.8) is 0 Å². The van der Waals surface area contributed by atoms with Gasteiger partial charge >= 0.3 is 0 Å². The standard InChI is InChI=1S/C17H22ClFN2O2/c1-12-11-20(13-5-9-23-10-6-13)7-8-21(12)17(22)16-14(18)3-2-4-15(16)19/h2-4,12-13H,5-11H2,1H3/t12-/m1/s1. The Balaban J connectivity index is 1.69. The van der Waals surface area contributed by atoms with Crippen molar-refractivity contribution in [1.82, 2.24) is 9.80 Å². The molecule has 0 saturated carbocycles. The Morgan fingerprint density at radius 1 is 1.30 bits per heavy atom. The van der Waals surface area contributed by atoms with Gasteiger partial charge in [-0.05, 0) is 31.9 Å². The van der Waals surface area contributed by atoms with Crippen molar-refractivity contribution in [2.45, 2.75) is 31.8 Å². The lowest BCUT2D eigenvalue weighted by Crippen LogP contribution is -2.57. The molecule has 23 heavy (non-hydrogen) atoms. The van der Waals surface area contributed by atoms with Crippen LogP contribution in [0.4, 0.5) is 4.39 Å². The highest BCUT2D eigenvalue weighted by atomic mass is 35.5. The molecule has 0 bridgehead atoms. The van der Waals surface area contributed by atoms with Crippen LogP contribution in [0.3, 0.4) is 0 Å². The first-order valence-corrected chi connectivity index (χ1v) is 8.52. The van der Waals surface area contributed by atoms with E-state index in [0.29, 0.717) is 12.6 Å². The molecule has 2 saturated heterocycles. The van der Waals surface area contributed by atoms with Crippen molar-refractivity contribution in [1.29, 1.82) is 0 Å². The summed E-state index contributed by atoms with van der Waals surface area (Å²) < 4.78 is 19.4. The van der Waals surface area contributed by atoms with Gasteiger partial charge in [0.25, 0.3) is 5.91 Å². The van der Waals surface area contributed by atoms with Crippen molar-refractivity contribution in [2.24, 2.45) is 0 Å². The number of nitrogens with zero attached hydrogens (tertiary/aromatic N) is 2. The molecular formula is C17H22ClFN2O2. The second-order valence-electron chi connectivity index (χ2n) is 6.28. The molecule has 0 aromatic heterocycles. The smallest absolute Gasteiger partial charge is 0.258 e. The predicted octanol–water partition coefficient (Wildman–Crippen LogP) is 2.80. The van der Waals surface area contributed by atoms with Crippen LogP contribution in [0.5, 0.6) is 0 Å². The van der Waals surface area contributed by atoms with Crippen LogP contribution in [0.15, 0.2) is 18.2 Å². The molecule has 3 rings (SSSR count). The Labute approximate surface area is 141 Å². The zero-order valence-corrected chi connectivity index (χ0v) is 14.1. The van der Waals surface area contributed by atoms with Crippen LogP contribution in [0.2, 0.25) is 5.02 Å². The van der Waals surface area contributed by atoms with E-state index in [0.717, 1.165) is 39.1 Å². The molecule has 126 valence electrons. The molecule has 1 amide bonds. The SMILES string of the molecule is C[C@@H]1CN(C2CCOCC2)CCN1C(=O)c1c(F)cccc1Cl. The number of hydrogen-bond acceptors (Lipinski definition) is 3. The maximum absolute atomic E-state index is 14.0. The fourth-order valence-electron chi connectivity index (χ4n) is 3.52. The highest BCUT2D eigenvalue weighted by Crippen LogP contribution is 2.24. The van der Waals surface area contributed by atoms with E-state index < -0.39 is 5.82 Å². The molecule has 0 aliphatic carbocycles. The molecule has 1 atom stereocenters. The zero-order chi connectivity index (χ0) is 16.4. The topological polar surface area (TPSA) is 32.8 Å². The van der Waals surface area contributed by atoms with Crippen molar-refractivity contribution in [3.8, 4) is 0 Å². The van der Waals surface area contributed by atoms with Gasteiger partial charge in [0.2, 0.25) is 0 Å². The van der Waals surface area contributed by atoms with Crippen molar-refractivity contribution in [2.75, 3.05) is 32.8 Å². The first-order chi connectivity index (χ1) is 11.1. The number of rotatable bonds is 2. The first-order valence-electron chi connectivity index (χ1n) is 8.14. The average Bonchev–Trinajstić information content (AvgIpc) is 2.55. The third kappa shape index (κ3) is 3.52. The molecule has 0 radical (unpaired) electrons. The molecule has 2 aliphatic rings. The second-order valence-corrected chi connectivity index (χ2v) is 6.69. The van der Waals surface area contributed by atoms with Crippen LogP contribution in [0, 0.1) is 5.82 Å². The molecule has 1 aromatic rings. The monoisotopic (exact) mass is 340 g/mol. The van der Waals surface area contributed by atoms with Crippen LogP contribution in [-0.4, -0.2) is 60.6 Å². The van der Waals surface area contributed by atoms with Gasteiger partial charge in [0.15, 0.2) is 0 Å². The largest absolute Gasteiger partial charge is 0.381 e. The first kappa shape index (κ1) is 16.7. The summed E-state index contributed by atoms with van der Waals surface area (Å²) in [4.78, 5) is 16.9. The van der Waals surface area contributed by atoms with E-state index in [1.54, 1.807) is 11.0 Å². The Hall–Kier alpha value is -1.17. The molecule has 6 heteroatoms. The van der Waals surface area contributed by atoms with Crippen molar-refractivity contribution >= 4 is 17.5 Å². The molecule has 1 aromatic carbocycles. The van der Waals surface area contributed by atoms with Crippen LogP contribution in [0.25, 0.3) is 0 Å². The average molecular weight is 341 g/mol. The van der Waals surface area contributed by atoms with Crippen molar-refractivity contribution in [3.05, 3.63) is 34.6 Å². The van der Waals surface area contributed by atoms with Gasteiger partial charge in [-0.1, -0.05) is 17.7 Å². The highest BCUT2D eigenvalue weighted by molar-refractivity contribution is 6.33. The lowest BCUT2D eigenvalue weighted by Gasteiger charge is -2.44. The quantitative estimate of drug-likeness (QED) is 0.830. The lowest BCUT2D eigenvalue weighted by molar-refractivity contribution is 0.000593. The fourth-order valence-corrected chi connectivity index (χ4v) is 3.76. The third-order valence-corrected chi connectivity index (χ3v) is 5.12.